The van der Waals surface area contributed by atoms with Gasteiger partial charge in [0.1, 0.15) is 12.6 Å². The highest BCUT2D eigenvalue weighted by Crippen LogP contribution is 2.07. The van der Waals surface area contributed by atoms with Gasteiger partial charge in [0.2, 0.25) is 5.91 Å². The van der Waals surface area contributed by atoms with Crippen molar-refractivity contribution in [3.8, 4) is 0 Å². The predicted octanol–water partition coefficient (Wildman–Crippen LogP) is -1.47. The summed E-state index contributed by atoms with van der Waals surface area (Å²) in [5.41, 5.74) is -1.03. The number of methoxy groups -OCH3 is 1. The first-order valence-corrected chi connectivity index (χ1v) is 8.03. The Morgan fingerprint density at radius 1 is 1.19 bits per heavy atom. The van der Waals surface area contributed by atoms with Gasteiger partial charge in [-0.25, -0.2) is 14.3 Å². The second-order valence-electron chi connectivity index (χ2n) is 6.40. The van der Waals surface area contributed by atoms with Gasteiger partial charge in [-0.05, 0) is 12.3 Å². The largest absolute Gasteiger partial charge is 0.467 e. The maximum Gasteiger partial charge on any atom is 0.332 e. The van der Waals surface area contributed by atoms with Crippen LogP contribution in [0.25, 0.3) is 11.2 Å². The number of ether oxygens (including phenoxy) is 1. The maximum absolute atomic E-state index is 12.3. The lowest BCUT2D eigenvalue weighted by Gasteiger charge is -2.18. The molecule has 2 aromatic rings. The molecule has 0 fully saturated rings. The van der Waals surface area contributed by atoms with E-state index in [0.29, 0.717) is 6.42 Å². The van der Waals surface area contributed by atoms with Gasteiger partial charge < -0.3 is 10.1 Å². The third-order valence-corrected chi connectivity index (χ3v) is 3.94. The lowest BCUT2D eigenvalue weighted by molar-refractivity contribution is -0.145. The van der Waals surface area contributed by atoms with Crippen LogP contribution in [0, 0.1) is 5.92 Å². The number of nitrogens with one attached hydrogen (secondary N) is 1. The van der Waals surface area contributed by atoms with E-state index in [1.807, 2.05) is 13.8 Å². The van der Waals surface area contributed by atoms with Crippen molar-refractivity contribution in [2.45, 2.75) is 32.9 Å². The van der Waals surface area contributed by atoms with E-state index in [2.05, 4.69) is 15.6 Å². The number of carbonyl (C=O) groups excluding carboxylic acids is 2. The van der Waals surface area contributed by atoms with Crippen LogP contribution in [0.4, 0.5) is 0 Å². The second-order valence-corrected chi connectivity index (χ2v) is 6.40. The maximum atomic E-state index is 12.3. The van der Waals surface area contributed by atoms with E-state index in [1.165, 1.54) is 25.8 Å². The number of nitrogens with zero attached hydrogens (tertiary/aromatic N) is 5. The molecule has 1 N–H and O–H groups in total. The molecular weight excluding hydrogens is 344 g/mol. The van der Waals surface area contributed by atoms with Crippen molar-refractivity contribution in [2.24, 2.45) is 20.0 Å². The molecule has 0 radical (unpaired) electrons. The summed E-state index contributed by atoms with van der Waals surface area (Å²) < 4.78 is 7.90. The smallest absolute Gasteiger partial charge is 0.332 e. The monoisotopic (exact) mass is 366 g/mol. The van der Waals surface area contributed by atoms with Crippen molar-refractivity contribution in [2.75, 3.05) is 7.11 Å². The molecule has 1 amide bonds. The number of hydrogen-bond acceptors (Lipinski definition) is 7. The average molecular weight is 366 g/mol. The molecule has 2 rings (SSSR count). The highest BCUT2D eigenvalue weighted by Gasteiger charge is 2.24. The first-order valence-electron chi connectivity index (χ1n) is 8.03. The summed E-state index contributed by atoms with van der Waals surface area (Å²) in [6, 6.07) is -0.797. The Labute approximate surface area is 148 Å². The molecular formula is C15H22N6O5. The molecule has 0 spiro atoms. The van der Waals surface area contributed by atoms with Crippen LogP contribution in [0.5, 0.6) is 0 Å². The molecule has 0 bridgehead atoms. The van der Waals surface area contributed by atoms with E-state index in [4.69, 9.17) is 4.74 Å². The number of amides is 1. The molecule has 11 heteroatoms. The zero-order valence-corrected chi connectivity index (χ0v) is 15.3. The van der Waals surface area contributed by atoms with Crippen molar-refractivity contribution in [1.29, 1.82) is 0 Å². The van der Waals surface area contributed by atoms with Gasteiger partial charge in [0.15, 0.2) is 11.2 Å². The van der Waals surface area contributed by atoms with Crippen molar-refractivity contribution >= 4 is 23.0 Å². The summed E-state index contributed by atoms with van der Waals surface area (Å²) in [5.74, 6) is -0.911. The predicted molar refractivity (Wildman–Crippen MR) is 91.4 cm³/mol. The van der Waals surface area contributed by atoms with Crippen LogP contribution in [-0.4, -0.2) is 49.2 Å². The van der Waals surface area contributed by atoms with E-state index in [9.17, 15) is 19.2 Å². The standard InChI is InChI=1S/C15H22N6O5/c1-8(2)6-9(14(24)26-5)16-10(22)7-21-11-12(17-18-21)19(3)15(25)20(4)13(11)23/h8-9H,6-7H2,1-5H3,(H,16,22)/t9-/m0/s1. The van der Waals surface area contributed by atoms with Crippen LogP contribution in [0.2, 0.25) is 0 Å². The highest BCUT2D eigenvalue weighted by molar-refractivity contribution is 5.85. The van der Waals surface area contributed by atoms with E-state index in [0.717, 1.165) is 9.25 Å². The minimum atomic E-state index is -0.797. The van der Waals surface area contributed by atoms with Gasteiger partial charge >= 0.3 is 11.7 Å². The Morgan fingerprint density at radius 3 is 2.42 bits per heavy atom. The second kappa shape index (κ2) is 7.50. The Bertz CT molecular complexity index is 954. The first-order chi connectivity index (χ1) is 12.2. The Balaban J connectivity index is 2.31. The van der Waals surface area contributed by atoms with Crippen LogP contribution in [0.3, 0.4) is 0 Å². The lowest BCUT2D eigenvalue weighted by Crippen LogP contribution is -2.44. The fourth-order valence-electron chi connectivity index (χ4n) is 2.61. The van der Waals surface area contributed by atoms with Crippen LogP contribution in [0.1, 0.15) is 20.3 Å². The third-order valence-electron chi connectivity index (χ3n) is 3.94. The van der Waals surface area contributed by atoms with Gasteiger partial charge in [0, 0.05) is 14.1 Å². The number of aryl methyl sites for hydroxylation is 1. The van der Waals surface area contributed by atoms with Gasteiger partial charge in [-0.15, -0.1) is 5.10 Å². The van der Waals surface area contributed by atoms with Crippen LogP contribution < -0.4 is 16.6 Å². The minimum absolute atomic E-state index is 0.0308. The summed E-state index contributed by atoms with van der Waals surface area (Å²) >= 11 is 0. The summed E-state index contributed by atoms with van der Waals surface area (Å²) in [4.78, 5) is 48.4. The number of esters is 1. The van der Waals surface area contributed by atoms with E-state index < -0.39 is 29.2 Å². The topological polar surface area (TPSA) is 130 Å². The number of hydrogen-bond donors (Lipinski definition) is 1. The molecule has 0 aromatic carbocycles. The molecule has 0 saturated heterocycles. The third kappa shape index (κ3) is 3.65. The van der Waals surface area contributed by atoms with Crippen LogP contribution >= 0.6 is 0 Å². The molecule has 1 atom stereocenters. The number of carbonyl (C=O) groups is 2. The number of fused-ring (bicyclic) bond motifs is 1. The van der Waals surface area contributed by atoms with Crippen molar-refractivity contribution in [3.63, 3.8) is 0 Å². The summed E-state index contributed by atoms with van der Waals surface area (Å²) in [5, 5.41) is 10.2. The van der Waals surface area contributed by atoms with Gasteiger partial charge in [0.05, 0.1) is 7.11 Å². The summed E-state index contributed by atoms with van der Waals surface area (Å²) in [6.45, 7) is 3.50. The molecule has 26 heavy (non-hydrogen) atoms. The molecule has 0 aliphatic carbocycles. The number of aromatic nitrogens is 5. The van der Waals surface area contributed by atoms with Gasteiger partial charge in [-0.3, -0.25) is 18.7 Å². The zero-order valence-electron chi connectivity index (χ0n) is 15.3. The van der Waals surface area contributed by atoms with E-state index >= 15 is 0 Å². The fourth-order valence-corrected chi connectivity index (χ4v) is 2.61. The Hall–Kier alpha value is -2.98. The van der Waals surface area contributed by atoms with Crippen LogP contribution in [-0.2, 0) is 35.0 Å². The molecule has 2 aromatic heterocycles. The fraction of sp³-hybridized carbons (Fsp3) is 0.600. The quantitative estimate of drug-likeness (QED) is 0.618. The number of rotatable bonds is 6. The van der Waals surface area contributed by atoms with Crippen molar-refractivity contribution in [3.05, 3.63) is 20.8 Å². The molecule has 0 aliphatic rings. The average Bonchev–Trinajstić information content (AvgIpc) is 2.99. The molecule has 0 aliphatic heterocycles. The molecule has 0 saturated carbocycles. The van der Waals surface area contributed by atoms with Crippen molar-refractivity contribution < 1.29 is 14.3 Å². The molecule has 142 valence electrons. The van der Waals surface area contributed by atoms with Crippen LogP contribution in [0.15, 0.2) is 9.59 Å². The van der Waals surface area contributed by atoms with Crippen molar-refractivity contribution in [1.82, 2.24) is 29.4 Å². The first kappa shape index (κ1) is 19.3. The minimum Gasteiger partial charge on any atom is -0.467 e. The summed E-state index contributed by atoms with van der Waals surface area (Å²) in [7, 11) is 4.04. The summed E-state index contributed by atoms with van der Waals surface area (Å²) in [6.07, 6.45) is 0.410. The van der Waals surface area contributed by atoms with Gasteiger partial charge in [0.25, 0.3) is 5.56 Å². The SMILES string of the molecule is COC(=O)[C@H](CC(C)C)NC(=O)Cn1nnc2c1c(=O)n(C)c(=O)n2C. The normalized spacial score (nSPS) is 12.4. The molecule has 11 nitrogen and oxygen atoms in total. The van der Waals surface area contributed by atoms with Gasteiger partial charge in [-0.2, -0.15) is 0 Å². The lowest BCUT2D eigenvalue weighted by atomic mass is 10.0. The van der Waals surface area contributed by atoms with E-state index in [1.54, 1.807) is 0 Å². The van der Waals surface area contributed by atoms with E-state index in [-0.39, 0.29) is 23.6 Å². The molecule has 2 heterocycles. The highest BCUT2D eigenvalue weighted by atomic mass is 16.5. The Kier molecular flexibility index (Phi) is 5.58. The van der Waals surface area contributed by atoms with Gasteiger partial charge in [-0.1, -0.05) is 19.1 Å². The molecule has 0 unspecified atom stereocenters. The zero-order chi connectivity index (χ0) is 19.6. The Morgan fingerprint density at radius 2 is 1.85 bits per heavy atom.